The quantitative estimate of drug-likeness (QED) is 0.666. The summed E-state index contributed by atoms with van der Waals surface area (Å²) < 4.78 is 0. The van der Waals surface area contributed by atoms with Crippen LogP contribution >= 0.6 is 34.8 Å². The Morgan fingerprint density at radius 3 is 2.53 bits per heavy atom. The van der Waals surface area contributed by atoms with Crippen LogP contribution in [0.5, 0.6) is 0 Å². The number of nitrogens with one attached hydrogen (secondary N) is 1. The maximum Gasteiger partial charge on any atom is 0.0775 e. The highest BCUT2D eigenvalue weighted by atomic mass is 35.5. The number of halogens is 3. The number of aromatic nitrogens is 1. The van der Waals surface area contributed by atoms with Crippen molar-refractivity contribution in [2.75, 3.05) is 0 Å². The van der Waals surface area contributed by atoms with Crippen LogP contribution < -0.4 is 11.3 Å². The van der Waals surface area contributed by atoms with Crippen molar-refractivity contribution in [1.29, 1.82) is 0 Å². The third-order valence-corrected chi connectivity index (χ3v) is 3.80. The van der Waals surface area contributed by atoms with Gasteiger partial charge in [-0.25, -0.2) is 0 Å². The molecule has 0 spiro atoms. The predicted octanol–water partition coefficient (Wildman–Crippen LogP) is 3.79. The van der Waals surface area contributed by atoms with Crippen molar-refractivity contribution in [3.8, 4) is 0 Å². The van der Waals surface area contributed by atoms with Gasteiger partial charge in [-0.15, -0.1) is 0 Å². The molecule has 19 heavy (non-hydrogen) atoms. The minimum Gasteiger partial charge on any atom is -0.271 e. The van der Waals surface area contributed by atoms with Crippen molar-refractivity contribution >= 4 is 34.8 Å². The second-order valence-electron chi connectivity index (χ2n) is 4.04. The molecule has 6 heteroatoms. The third-order valence-electron chi connectivity index (χ3n) is 2.74. The highest BCUT2D eigenvalue weighted by Gasteiger charge is 2.15. The highest BCUT2D eigenvalue weighted by molar-refractivity contribution is 6.42. The van der Waals surface area contributed by atoms with Crippen molar-refractivity contribution in [3.05, 3.63) is 62.9 Å². The number of benzene rings is 1. The van der Waals surface area contributed by atoms with Gasteiger partial charge in [-0.1, -0.05) is 40.9 Å². The molecule has 2 aromatic rings. The van der Waals surface area contributed by atoms with E-state index >= 15 is 0 Å². The fourth-order valence-electron chi connectivity index (χ4n) is 1.79. The van der Waals surface area contributed by atoms with Crippen LogP contribution in [-0.4, -0.2) is 4.98 Å². The van der Waals surface area contributed by atoms with Gasteiger partial charge in [-0.2, -0.15) is 0 Å². The largest absolute Gasteiger partial charge is 0.271 e. The van der Waals surface area contributed by atoms with Crippen molar-refractivity contribution in [3.63, 3.8) is 0 Å². The lowest BCUT2D eigenvalue weighted by Crippen LogP contribution is -2.30. The highest BCUT2D eigenvalue weighted by Crippen LogP contribution is 2.27. The molecule has 1 atom stereocenters. The standard InChI is InChI=1S/C13H12Cl3N3/c14-9-4-3-8(6-11(9)16)7-12(19-17)13-10(15)2-1-5-18-13/h1-6,12,19H,7,17H2. The van der Waals surface area contributed by atoms with E-state index in [-0.39, 0.29) is 6.04 Å². The summed E-state index contributed by atoms with van der Waals surface area (Å²) >= 11 is 18.0. The number of pyridine rings is 1. The summed E-state index contributed by atoms with van der Waals surface area (Å²) in [4.78, 5) is 4.25. The van der Waals surface area contributed by atoms with Crippen molar-refractivity contribution in [2.45, 2.75) is 12.5 Å². The van der Waals surface area contributed by atoms with Crippen molar-refractivity contribution < 1.29 is 0 Å². The first-order valence-corrected chi connectivity index (χ1v) is 6.75. The first-order chi connectivity index (χ1) is 9.11. The molecular weight excluding hydrogens is 305 g/mol. The molecular formula is C13H12Cl3N3. The van der Waals surface area contributed by atoms with Crippen LogP contribution in [0, 0.1) is 0 Å². The van der Waals surface area contributed by atoms with Gasteiger partial charge in [-0.05, 0) is 36.2 Å². The zero-order chi connectivity index (χ0) is 13.8. The number of hydrazine groups is 1. The van der Waals surface area contributed by atoms with E-state index in [2.05, 4.69) is 10.4 Å². The number of hydrogen-bond acceptors (Lipinski definition) is 3. The van der Waals surface area contributed by atoms with E-state index in [1.807, 2.05) is 12.1 Å². The van der Waals surface area contributed by atoms with Crippen LogP contribution in [0.4, 0.5) is 0 Å². The molecule has 0 fully saturated rings. The molecule has 0 amide bonds. The van der Waals surface area contributed by atoms with Crippen LogP contribution in [-0.2, 0) is 6.42 Å². The summed E-state index contributed by atoms with van der Waals surface area (Å²) in [5, 5.41) is 1.62. The van der Waals surface area contributed by atoms with E-state index in [9.17, 15) is 0 Å². The summed E-state index contributed by atoms with van der Waals surface area (Å²) in [5.74, 6) is 5.58. The average molecular weight is 317 g/mol. The van der Waals surface area contributed by atoms with E-state index in [1.54, 1.807) is 24.4 Å². The van der Waals surface area contributed by atoms with Crippen LogP contribution in [0.1, 0.15) is 17.3 Å². The Morgan fingerprint density at radius 1 is 1.11 bits per heavy atom. The lowest BCUT2D eigenvalue weighted by molar-refractivity contribution is 0.538. The monoisotopic (exact) mass is 315 g/mol. The molecule has 0 aliphatic carbocycles. The van der Waals surface area contributed by atoms with Crippen LogP contribution in [0.25, 0.3) is 0 Å². The fraction of sp³-hybridized carbons (Fsp3) is 0.154. The molecule has 0 radical (unpaired) electrons. The first kappa shape index (κ1) is 14.6. The maximum atomic E-state index is 6.12. The minimum absolute atomic E-state index is 0.189. The molecule has 1 aromatic carbocycles. The first-order valence-electron chi connectivity index (χ1n) is 5.62. The number of rotatable bonds is 4. The minimum atomic E-state index is -0.189. The van der Waals surface area contributed by atoms with Crippen LogP contribution in [0.3, 0.4) is 0 Å². The molecule has 1 unspecified atom stereocenters. The van der Waals surface area contributed by atoms with Gasteiger partial charge in [0.15, 0.2) is 0 Å². The summed E-state index contributed by atoms with van der Waals surface area (Å²) in [7, 11) is 0. The molecule has 0 bridgehead atoms. The lowest BCUT2D eigenvalue weighted by atomic mass is 10.0. The topological polar surface area (TPSA) is 50.9 Å². The van der Waals surface area contributed by atoms with E-state index < -0.39 is 0 Å². The third kappa shape index (κ3) is 3.59. The van der Waals surface area contributed by atoms with E-state index in [1.165, 1.54) is 0 Å². The summed E-state index contributed by atoms with van der Waals surface area (Å²) in [6, 6.07) is 8.83. The van der Waals surface area contributed by atoms with Crippen molar-refractivity contribution in [2.24, 2.45) is 5.84 Å². The number of hydrogen-bond donors (Lipinski definition) is 2. The summed E-state index contributed by atoms with van der Waals surface area (Å²) in [5.41, 5.74) is 4.42. The zero-order valence-corrected chi connectivity index (χ0v) is 12.2. The molecule has 2 rings (SSSR count). The van der Waals surface area contributed by atoms with Crippen molar-refractivity contribution in [1.82, 2.24) is 10.4 Å². The van der Waals surface area contributed by atoms with Crippen LogP contribution in [0.2, 0.25) is 15.1 Å². The van der Waals surface area contributed by atoms with E-state index in [0.29, 0.717) is 27.2 Å². The van der Waals surface area contributed by atoms with Gasteiger partial charge in [0.05, 0.1) is 26.8 Å². The molecule has 100 valence electrons. The van der Waals surface area contributed by atoms with Gasteiger partial charge in [-0.3, -0.25) is 16.3 Å². The molecule has 0 saturated carbocycles. The Morgan fingerprint density at radius 2 is 1.89 bits per heavy atom. The SMILES string of the molecule is NNC(Cc1ccc(Cl)c(Cl)c1)c1ncccc1Cl. The van der Waals surface area contributed by atoms with Gasteiger partial charge in [0, 0.05) is 6.20 Å². The average Bonchev–Trinajstić information content (AvgIpc) is 2.41. The van der Waals surface area contributed by atoms with Gasteiger partial charge in [0.1, 0.15) is 0 Å². The lowest BCUT2D eigenvalue weighted by Gasteiger charge is -2.16. The fourth-order valence-corrected chi connectivity index (χ4v) is 2.37. The van der Waals surface area contributed by atoms with E-state index in [4.69, 9.17) is 40.6 Å². The second-order valence-corrected chi connectivity index (χ2v) is 5.26. The molecule has 1 aromatic heterocycles. The normalized spacial score (nSPS) is 12.4. The predicted molar refractivity (Wildman–Crippen MR) is 79.5 cm³/mol. The molecule has 1 heterocycles. The Labute approximate surface area is 126 Å². The second kappa shape index (κ2) is 6.55. The smallest absolute Gasteiger partial charge is 0.0775 e. The summed E-state index contributed by atoms with van der Waals surface area (Å²) in [6.07, 6.45) is 2.30. The number of nitrogens with two attached hydrogens (primary N) is 1. The Kier molecular flexibility index (Phi) is 5.02. The Balaban J connectivity index is 2.24. The van der Waals surface area contributed by atoms with E-state index in [0.717, 1.165) is 5.56 Å². The molecule has 0 saturated heterocycles. The zero-order valence-electron chi connectivity index (χ0n) is 9.91. The molecule has 0 aliphatic heterocycles. The summed E-state index contributed by atoms with van der Waals surface area (Å²) in [6.45, 7) is 0. The maximum absolute atomic E-state index is 6.12. The Hall–Kier alpha value is -0.840. The number of nitrogens with zero attached hydrogens (tertiary/aromatic N) is 1. The van der Waals surface area contributed by atoms with Gasteiger partial charge < -0.3 is 0 Å². The van der Waals surface area contributed by atoms with Gasteiger partial charge in [0.25, 0.3) is 0 Å². The molecule has 3 nitrogen and oxygen atoms in total. The van der Waals surface area contributed by atoms with Gasteiger partial charge in [0.2, 0.25) is 0 Å². The van der Waals surface area contributed by atoms with Crippen LogP contribution in [0.15, 0.2) is 36.5 Å². The molecule has 3 N–H and O–H groups in total. The Bertz CT molecular complexity index is 575. The van der Waals surface area contributed by atoms with Gasteiger partial charge >= 0.3 is 0 Å². The molecule has 0 aliphatic rings.